The molecule has 0 bridgehead atoms. The predicted octanol–water partition coefficient (Wildman–Crippen LogP) is 11.1. The van der Waals surface area contributed by atoms with Crippen LogP contribution in [0.3, 0.4) is 0 Å². The highest BCUT2D eigenvalue weighted by Crippen LogP contribution is 2.40. The van der Waals surface area contributed by atoms with Gasteiger partial charge in [0.25, 0.3) is 0 Å². The molecule has 0 radical (unpaired) electrons. The Morgan fingerprint density at radius 3 is 1.91 bits per heavy atom. The van der Waals surface area contributed by atoms with Crippen molar-refractivity contribution in [2.75, 3.05) is 19.8 Å². The summed E-state index contributed by atoms with van der Waals surface area (Å²) in [6.45, 7) is 4.88. The molecular formula is C38H58F4O3. The lowest BCUT2D eigenvalue weighted by Gasteiger charge is -2.37. The number of rotatable bonds is 17. The quantitative estimate of drug-likeness (QED) is 0.0965. The number of allylic oxidation sites excluding steroid dienone is 2. The third-order valence-corrected chi connectivity index (χ3v) is 10.7. The predicted molar refractivity (Wildman–Crippen MR) is 173 cm³/mol. The van der Waals surface area contributed by atoms with Crippen LogP contribution in [-0.2, 0) is 4.74 Å². The number of halogens is 4. The topological polar surface area (TPSA) is 27.7 Å². The van der Waals surface area contributed by atoms with Gasteiger partial charge in [0.1, 0.15) is 12.8 Å². The molecule has 2 saturated carbocycles. The Labute approximate surface area is 269 Å². The van der Waals surface area contributed by atoms with Gasteiger partial charge in [-0.05, 0) is 119 Å². The molecule has 1 aromatic carbocycles. The molecule has 0 N–H and O–H groups in total. The summed E-state index contributed by atoms with van der Waals surface area (Å²) in [7, 11) is 0. The summed E-state index contributed by atoms with van der Waals surface area (Å²) in [6, 6.07) is 2.49. The Bertz CT molecular complexity index is 995. The van der Waals surface area contributed by atoms with E-state index in [9.17, 15) is 13.2 Å². The molecule has 3 nitrogen and oxygen atoms in total. The van der Waals surface area contributed by atoms with Crippen LogP contribution in [0.1, 0.15) is 123 Å². The Hall–Kier alpha value is -1.76. The maximum Gasteiger partial charge on any atom is 0.204 e. The van der Waals surface area contributed by atoms with Crippen molar-refractivity contribution >= 4 is 0 Å². The van der Waals surface area contributed by atoms with Gasteiger partial charge in [0.2, 0.25) is 11.6 Å². The zero-order valence-electron chi connectivity index (χ0n) is 27.8. The molecule has 1 saturated heterocycles. The number of alkyl halides is 2. The minimum absolute atomic E-state index is 0.199. The van der Waals surface area contributed by atoms with Crippen molar-refractivity contribution in [1.82, 2.24) is 0 Å². The Balaban J connectivity index is 1.11. The lowest BCUT2D eigenvalue weighted by molar-refractivity contribution is -0.0420. The van der Waals surface area contributed by atoms with Gasteiger partial charge in [-0.2, -0.15) is 8.78 Å². The summed E-state index contributed by atoms with van der Waals surface area (Å²) in [6.07, 6.45) is 19.9. The Kier molecular flexibility index (Phi) is 15.4. The van der Waals surface area contributed by atoms with Crippen molar-refractivity contribution in [3.05, 3.63) is 35.9 Å². The second-order valence-corrected chi connectivity index (χ2v) is 14.0. The van der Waals surface area contributed by atoms with Gasteiger partial charge in [0, 0.05) is 0 Å². The van der Waals surface area contributed by atoms with Crippen molar-refractivity contribution < 1.29 is 31.8 Å². The van der Waals surface area contributed by atoms with Crippen LogP contribution in [0.25, 0.3) is 0 Å². The third kappa shape index (κ3) is 11.2. The number of unbranched alkanes of at least 4 members (excludes halogenated alkanes) is 4. The van der Waals surface area contributed by atoms with E-state index in [2.05, 4.69) is 19.1 Å². The minimum Gasteiger partial charge on any atom is -0.490 e. The van der Waals surface area contributed by atoms with E-state index in [1.165, 1.54) is 76.3 Å². The van der Waals surface area contributed by atoms with Gasteiger partial charge in [-0.3, -0.25) is 0 Å². The zero-order valence-corrected chi connectivity index (χ0v) is 27.8. The normalized spacial score (nSPS) is 29.0. The summed E-state index contributed by atoms with van der Waals surface area (Å²) in [5.74, 6) is -0.846. The maximum atomic E-state index is 15.0. The van der Waals surface area contributed by atoms with Crippen LogP contribution in [0.15, 0.2) is 24.3 Å². The maximum absolute atomic E-state index is 15.0. The van der Waals surface area contributed by atoms with Gasteiger partial charge in [0.05, 0.1) is 19.3 Å². The molecule has 1 aliphatic heterocycles. The summed E-state index contributed by atoms with van der Waals surface area (Å²) >= 11 is 0. The molecule has 256 valence electrons. The van der Waals surface area contributed by atoms with E-state index in [4.69, 9.17) is 14.2 Å². The van der Waals surface area contributed by atoms with Gasteiger partial charge in [-0.15, -0.1) is 0 Å². The van der Waals surface area contributed by atoms with Gasteiger partial charge in [-0.1, -0.05) is 58.1 Å². The van der Waals surface area contributed by atoms with Crippen molar-refractivity contribution in [2.24, 2.45) is 29.6 Å². The summed E-state index contributed by atoms with van der Waals surface area (Å²) in [5, 5.41) is 0. The van der Waals surface area contributed by atoms with E-state index in [-0.39, 0.29) is 18.3 Å². The van der Waals surface area contributed by atoms with E-state index in [1.807, 2.05) is 6.92 Å². The lowest BCUT2D eigenvalue weighted by atomic mass is 9.73. The van der Waals surface area contributed by atoms with Crippen molar-refractivity contribution in [3.63, 3.8) is 0 Å². The molecule has 0 aromatic heterocycles. The first-order chi connectivity index (χ1) is 21.9. The van der Waals surface area contributed by atoms with Crippen LogP contribution >= 0.6 is 0 Å². The Morgan fingerprint density at radius 1 is 0.733 bits per heavy atom. The molecule has 1 aromatic rings. The molecule has 4 unspecified atom stereocenters. The van der Waals surface area contributed by atoms with Crippen molar-refractivity contribution in [3.8, 4) is 11.5 Å². The van der Waals surface area contributed by atoms with Crippen LogP contribution in [-0.4, -0.2) is 38.3 Å². The third-order valence-electron chi connectivity index (χ3n) is 10.7. The van der Waals surface area contributed by atoms with Crippen LogP contribution in [0.2, 0.25) is 0 Å². The highest BCUT2D eigenvalue weighted by atomic mass is 19.2. The minimum atomic E-state index is -1.90. The molecule has 0 spiro atoms. The largest absolute Gasteiger partial charge is 0.490 e. The standard InChI is InChI=1S/C38H58F4O3/c1-3-5-7-9-32-21-20-31(25-44-32)29-16-12-27(13-17-29)10-11-28-14-18-30(19-15-28)36(40)33(39)26-45-35-23-22-34(37(41)38(35)42)43-24-8-6-4-2/h10-11,22-23,27-33,36H,3-9,12-21,24-26H2,1-2H3. The molecule has 3 fully saturated rings. The smallest absolute Gasteiger partial charge is 0.204 e. The average Bonchev–Trinajstić information content (AvgIpc) is 3.07. The van der Waals surface area contributed by atoms with E-state index in [0.29, 0.717) is 30.8 Å². The lowest BCUT2D eigenvalue weighted by Crippen LogP contribution is -2.33. The summed E-state index contributed by atoms with van der Waals surface area (Å²) in [4.78, 5) is 0. The molecule has 1 heterocycles. The molecule has 2 aliphatic carbocycles. The van der Waals surface area contributed by atoms with E-state index < -0.39 is 36.3 Å². The number of benzene rings is 1. The SMILES string of the molecule is CCCCCOc1ccc(OCC(F)C(F)C2CCC(C=CC3CCC(C4CCC(CCCCC)OC4)CC3)CC2)c(F)c1F. The monoisotopic (exact) mass is 638 g/mol. The highest BCUT2D eigenvalue weighted by Gasteiger charge is 2.34. The van der Waals surface area contributed by atoms with Gasteiger partial charge in [-0.25, -0.2) is 8.78 Å². The van der Waals surface area contributed by atoms with Crippen LogP contribution in [0.5, 0.6) is 11.5 Å². The second kappa shape index (κ2) is 19.2. The highest BCUT2D eigenvalue weighted by molar-refractivity contribution is 5.35. The summed E-state index contributed by atoms with van der Waals surface area (Å²) in [5.41, 5.74) is 0. The second-order valence-electron chi connectivity index (χ2n) is 14.0. The first-order valence-electron chi connectivity index (χ1n) is 18.2. The molecule has 45 heavy (non-hydrogen) atoms. The summed E-state index contributed by atoms with van der Waals surface area (Å²) < 4.78 is 75.4. The van der Waals surface area contributed by atoms with Crippen molar-refractivity contribution in [1.29, 1.82) is 0 Å². The fourth-order valence-electron chi connectivity index (χ4n) is 7.65. The number of hydrogen-bond donors (Lipinski definition) is 0. The van der Waals surface area contributed by atoms with E-state index >= 15 is 4.39 Å². The van der Waals surface area contributed by atoms with Crippen molar-refractivity contribution in [2.45, 2.75) is 141 Å². The fraction of sp³-hybridized carbons (Fsp3) is 0.789. The first kappa shape index (κ1) is 36.1. The average molecular weight is 639 g/mol. The molecule has 4 rings (SSSR count). The van der Waals surface area contributed by atoms with Gasteiger partial charge in [0.15, 0.2) is 17.7 Å². The van der Waals surface area contributed by atoms with Crippen LogP contribution in [0, 0.1) is 41.2 Å². The van der Waals surface area contributed by atoms with Crippen LogP contribution < -0.4 is 9.47 Å². The van der Waals surface area contributed by atoms with Gasteiger partial charge >= 0.3 is 0 Å². The molecule has 7 heteroatoms. The molecular weight excluding hydrogens is 580 g/mol. The van der Waals surface area contributed by atoms with Gasteiger partial charge < -0.3 is 14.2 Å². The number of hydrogen-bond acceptors (Lipinski definition) is 3. The fourth-order valence-corrected chi connectivity index (χ4v) is 7.65. The van der Waals surface area contributed by atoms with E-state index in [1.54, 1.807) is 0 Å². The van der Waals surface area contributed by atoms with E-state index in [0.717, 1.165) is 50.5 Å². The molecule has 0 amide bonds. The molecule has 3 aliphatic rings. The van der Waals surface area contributed by atoms with Crippen LogP contribution in [0.4, 0.5) is 17.6 Å². The molecule has 4 atom stereocenters. The zero-order chi connectivity index (χ0) is 32.0. The first-order valence-corrected chi connectivity index (χ1v) is 18.2. The number of ether oxygens (including phenoxy) is 3. The Morgan fingerprint density at radius 2 is 1.31 bits per heavy atom.